The predicted molar refractivity (Wildman–Crippen MR) is 49.9 cm³/mol. The van der Waals surface area contributed by atoms with Crippen molar-refractivity contribution in [3.05, 3.63) is 12.4 Å². The van der Waals surface area contributed by atoms with E-state index in [-0.39, 0.29) is 18.1 Å². The van der Waals surface area contributed by atoms with E-state index in [1.165, 1.54) is 0 Å². The molecule has 2 aliphatic heterocycles. The number of fused-ring (bicyclic) bond motifs is 3. The lowest BCUT2D eigenvalue weighted by atomic mass is 10.2. The van der Waals surface area contributed by atoms with Crippen molar-refractivity contribution in [2.75, 3.05) is 12.4 Å². The fourth-order valence-electron chi connectivity index (χ4n) is 1.90. The van der Waals surface area contributed by atoms with Gasteiger partial charge in [0.25, 0.3) is 5.91 Å². The summed E-state index contributed by atoms with van der Waals surface area (Å²) in [5, 5.41) is 2.70. The lowest BCUT2D eigenvalue weighted by molar-refractivity contribution is -0.119. The number of hydrogen-bond acceptors (Lipinski definition) is 4. The summed E-state index contributed by atoms with van der Waals surface area (Å²) in [4.78, 5) is 21.7. The van der Waals surface area contributed by atoms with Crippen molar-refractivity contribution in [2.24, 2.45) is 4.99 Å². The number of nitrogens with zero attached hydrogens (tertiary/aromatic N) is 4. The molecule has 14 heavy (non-hydrogen) atoms. The van der Waals surface area contributed by atoms with Crippen LogP contribution < -0.4 is 5.32 Å². The standard InChI is InChI=1S/C8H9N5O/c1-12-4-10-5-6(14)11-8-9-2-3-13(8)7(5)12/h2-5,7H,1H3,(H,9,11,14). The number of rotatable bonds is 0. The maximum Gasteiger partial charge on any atom is 0.255 e. The maximum absolute atomic E-state index is 11.6. The van der Waals surface area contributed by atoms with Crippen molar-refractivity contribution in [3.8, 4) is 0 Å². The molecule has 1 N–H and O–H groups in total. The van der Waals surface area contributed by atoms with E-state index < -0.39 is 0 Å². The van der Waals surface area contributed by atoms with Crippen molar-refractivity contribution in [2.45, 2.75) is 12.2 Å². The van der Waals surface area contributed by atoms with E-state index >= 15 is 0 Å². The Balaban J connectivity index is 2.14. The highest BCUT2D eigenvalue weighted by Crippen LogP contribution is 2.30. The van der Waals surface area contributed by atoms with Crippen LogP contribution >= 0.6 is 0 Å². The minimum absolute atomic E-state index is 0.0544. The van der Waals surface area contributed by atoms with Crippen LogP contribution in [-0.2, 0) is 4.79 Å². The number of carbonyl (C=O) groups excluding carboxylic acids is 1. The summed E-state index contributed by atoms with van der Waals surface area (Å²) in [5.74, 6) is 0.503. The molecule has 0 aliphatic carbocycles. The minimum atomic E-state index is -0.346. The second kappa shape index (κ2) is 2.34. The number of likely N-dealkylation sites (N-methyl/N-ethyl adjacent to an activating group) is 1. The first kappa shape index (κ1) is 7.54. The summed E-state index contributed by atoms with van der Waals surface area (Å²) in [6.07, 6.45) is 5.15. The molecule has 3 heterocycles. The molecule has 2 atom stereocenters. The zero-order valence-corrected chi connectivity index (χ0v) is 7.58. The van der Waals surface area contributed by atoms with Gasteiger partial charge in [-0.3, -0.25) is 19.7 Å². The van der Waals surface area contributed by atoms with Gasteiger partial charge in [-0.05, 0) is 0 Å². The van der Waals surface area contributed by atoms with E-state index in [1.54, 1.807) is 12.5 Å². The fraction of sp³-hybridized carbons (Fsp3) is 0.375. The molecule has 1 aromatic heterocycles. The second-order valence-electron chi connectivity index (χ2n) is 3.44. The lowest BCUT2D eigenvalue weighted by Crippen LogP contribution is -2.43. The normalized spacial score (nSPS) is 28.6. The van der Waals surface area contributed by atoms with Gasteiger partial charge < -0.3 is 4.90 Å². The van der Waals surface area contributed by atoms with Crippen LogP contribution in [-0.4, -0.2) is 39.8 Å². The van der Waals surface area contributed by atoms with Crippen LogP contribution in [0.5, 0.6) is 0 Å². The van der Waals surface area contributed by atoms with E-state index in [0.717, 1.165) is 0 Å². The van der Waals surface area contributed by atoms with Gasteiger partial charge in [0.05, 0.1) is 6.34 Å². The third kappa shape index (κ3) is 0.773. The van der Waals surface area contributed by atoms with E-state index in [9.17, 15) is 4.79 Å². The van der Waals surface area contributed by atoms with E-state index in [4.69, 9.17) is 0 Å². The predicted octanol–water partition coefficient (Wildman–Crippen LogP) is -0.324. The molecule has 1 amide bonds. The van der Waals surface area contributed by atoms with Gasteiger partial charge in [0.2, 0.25) is 5.95 Å². The zero-order valence-electron chi connectivity index (χ0n) is 7.58. The molecule has 0 aromatic carbocycles. The van der Waals surface area contributed by atoms with Gasteiger partial charge in [0.15, 0.2) is 6.04 Å². The Morgan fingerprint density at radius 1 is 1.57 bits per heavy atom. The van der Waals surface area contributed by atoms with Crippen LogP contribution in [0.1, 0.15) is 6.17 Å². The molecule has 1 aromatic rings. The van der Waals surface area contributed by atoms with Crippen molar-refractivity contribution in [1.82, 2.24) is 14.5 Å². The molecule has 3 rings (SSSR count). The Bertz CT molecular complexity index is 423. The number of aromatic nitrogens is 2. The molecular weight excluding hydrogens is 182 g/mol. The molecular formula is C8H9N5O. The molecule has 0 radical (unpaired) electrons. The number of imidazole rings is 1. The maximum atomic E-state index is 11.6. The van der Waals surface area contributed by atoms with Crippen LogP contribution in [0.2, 0.25) is 0 Å². The third-order valence-electron chi connectivity index (χ3n) is 2.57. The highest BCUT2D eigenvalue weighted by atomic mass is 16.2. The molecule has 0 bridgehead atoms. The highest BCUT2D eigenvalue weighted by Gasteiger charge is 2.40. The number of carbonyl (C=O) groups is 1. The average Bonchev–Trinajstić information content (AvgIpc) is 2.71. The molecule has 0 spiro atoms. The highest BCUT2D eigenvalue weighted by molar-refractivity contribution is 5.97. The molecule has 2 unspecified atom stereocenters. The van der Waals surface area contributed by atoms with Crippen molar-refractivity contribution in [3.63, 3.8) is 0 Å². The monoisotopic (exact) mass is 191 g/mol. The van der Waals surface area contributed by atoms with E-state index in [2.05, 4.69) is 15.3 Å². The van der Waals surface area contributed by atoms with Gasteiger partial charge in [0, 0.05) is 19.4 Å². The van der Waals surface area contributed by atoms with Gasteiger partial charge in [-0.2, -0.15) is 0 Å². The summed E-state index contributed by atoms with van der Waals surface area (Å²) in [7, 11) is 1.90. The smallest absolute Gasteiger partial charge is 0.255 e. The Morgan fingerprint density at radius 2 is 2.43 bits per heavy atom. The average molecular weight is 191 g/mol. The molecule has 0 saturated carbocycles. The Kier molecular flexibility index (Phi) is 1.26. The molecule has 6 heteroatoms. The fourth-order valence-corrected chi connectivity index (χ4v) is 1.90. The molecule has 0 fully saturated rings. The molecule has 6 nitrogen and oxygen atoms in total. The minimum Gasteiger partial charge on any atom is -0.343 e. The Hall–Kier alpha value is -1.85. The van der Waals surface area contributed by atoms with Crippen LogP contribution in [0.25, 0.3) is 0 Å². The second-order valence-corrected chi connectivity index (χ2v) is 3.44. The van der Waals surface area contributed by atoms with Gasteiger partial charge in [0.1, 0.15) is 6.17 Å². The van der Waals surface area contributed by atoms with E-state index in [0.29, 0.717) is 5.95 Å². The molecule has 72 valence electrons. The third-order valence-corrected chi connectivity index (χ3v) is 2.57. The number of amides is 1. The van der Waals surface area contributed by atoms with Crippen LogP contribution in [0.15, 0.2) is 17.4 Å². The Morgan fingerprint density at radius 3 is 3.29 bits per heavy atom. The van der Waals surface area contributed by atoms with Crippen LogP contribution in [0.4, 0.5) is 5.95 Å². The molecule has 2 aliphatic rings. The first-order valence-electron chi connectivity index (χ1n) is 4.36. The summed E-state index contributed by atoms with van der Waals surface area (Å²) < 4.78 is 1.92. The Labute approximate surface area is 80.2 Å². The zero-order chi connectivity index (χ0) is 9.71. The number of aliphatic imine (C=N–C) groups is 1. The number of nitrogens with one attached hydrogen (secondary N) is 1. The first-order chi connectivity index (χ1) is 6.77. The van der Waals surface area contributed by atoms with Gasteiger partial charge in [-0.25, -0.2) is 4.98 Å². The number of anilines is 1. The van der Waals surface area contributed by atoms with Crippen molar-refractivity contribution >= 4 is 18.2 Å². The quantitative estimate of drug-likeness (QED) is 0.611. The van der Waals surface area contributed by atoms with Gasteiger partial charge in [-0.1, -0.05) is 0 Å². The topological polar surface area (TPSA) is 62.5 Å². The van der Waals surface area contributed by atoms with Crippen molar-refractivity contribution < 1.29 is 4.79 Å². The summed E-state index contributed by atoms with van der Waals surface area (Å²) in [6, 6.07) is -0.346. The van der Waals surface area contributed by atoms with Gasteiger partial charge >= 0.3 is 0 Å². The lowest BCUT2D eigenvalue weighted by Gasteiger charge is -2.30. The van der Waals surface area contributed by atoms with Gasteiger partial charge in [-0.15, -0.1) is 0 Å². The summed E-state index contributed by atoms with van der Waals surface area (Å²) in [6.45, 7) is 0. The first-order valence-corrected chi connectivity index (χ1v) is 4.36. The number of hydrogen-bond donors (Lipinski definition) is 1. The largest absolute Gasteiger partial charge is 0.343 e. The van der Waals surface area contributed by atoms with Crippen LogP contribution in [0.3, 0.4) is 0 Å². The SMILES string of the molecule is CN1C=NC2C(=O)Nc3nccn3C21. The summed E-state index contributed by atoms with van der Waals surface area (Å²) in [5.41, 5.74) is 0. The van der Waals surface area contributed by atoms with E-state index in [1.807, 2.05) is 22.7 Å². The van der Waals surface area contributed by atoms with Crippen LogP contribution in [0, 0.1) is 0 Å². The summed E-state index contributed by atoms with van der Waals surface area (Å²) >= 11 is 0. The molecule has 0 saturated heterocycles. The van der Waals surface area contributed by atoms with Crippen molar-refractivity contribution in [1.29, 1.82) is 0 Å².